The van der Waals surface area contributed by atoms with E-state index in [1.54, 1.807) is 30.2 Å². The van der Waals surface area contributed by atoms with Gasteiger partial charge in [-0.2, -0.15) is 0 Å². The van der Waals surface area contributed by atoms with Crippen molar-refractivity contribution in [2.45, 2.75) is 9.79 Å². The van der Waals surface area contributed by atoms with Crippen molar-refractivity contribution in [2.24, 2.45) is 0 Å². The van der Waals surface area contributed by atoms with Crippen molar-refractivity contribution in [3.63, 3.8) is 0 Å². The van der Waals surface area contributed by atoms with Crippen molar-refractivity contribution in [2.75, 3.05) is 13.4 Å². The van der Waals surface area contributed by atoms with Gasteiger partial charge in [0, 0.05) is 25.3 Å². The Kier molecular flexibility index (Phi) is 2.95. The van der Waals surface area contributed by atoms with E-state index in [0.29, 0.717) is 0 Å². The van der Waals surface area contributed by atoms with Crippen molar-refractivity contribution < 1.29 is 4.74 Å². The molecular weight excluding hydrogens is 232 g/mol. The fourth-order valence-electron chi connectivity index (χ4n) is 1.35. The summed E-state index contributed by atoms with van der Waals surface area (Å²) >= 11 is 7.93. The maximum atomic E-state index is 5.22. The van der Waals surface area contributed by atoms with E-state index in [1.807, 2.05) is 6.07 Å². The number of ether oxygens (including phenoxy) is 1. The van der Waals surface area contributed by atoms with Gasteiger partial charge in [-0.3, -0.25) is 0 Å². The first-order valence-corrected chi connectivity index (χ1v) is 6.63. The minimum absolute atomic E-state index is 0.871. The summed E-state index contributed by atoms with van der Waals surface area (Å²) in [4.78, 5) is 2.28. The highest BCUT2D eigenvalue weighted by atomic mass is 32.2. The molecule has 1 heterocycles. The molecular formula is C10H10OS3. The third-order valence-electron chi connectivity index (χ3n) is 2.05. The van der Waals surface area contributed by atoms with E-state index in [9.17, 15) is 0 Å². The van der Waals surface area contributed by atoms with Crippen molar-refractivity contribution in [3.8, 4) is 5.75 Å². The number of methoxy groups -OCH3 is 1. The second-order valence-corrected chi connectivity index (χ2v) is 5.04. The molecule has 0 aliphatic rings. The number of fused-ring (bicyclic) bond motifs is 1. The summed E-state index contributed by atoms with van der Waals surface area (Å²) in [6.45, 7) is 0. The molecule has 0 N–H and O–H groups in total. The highest BCUT2D eigenvalue weighted by molar-refractivity contribution is 7.99. The minimum atomic E-state index is 0.871. The molecule has 1 nitrogen and oxygen atoms in total. The summed E-state index contributed by atoms with van der Waals surface area (Å²) in [6.07, 6.45) is 2.08. The van der Waals surface area contributed by atoms with Crippen LogP contribution in [0.4, 0.5) is 0 Å². The number of hydrogen-bond acceptors (Lipinski definition) is 4. The maximum absolute atomic E-state index is 5.22. The molecule has 0 fully saturated rings. The normalized spacial score (nSPS) is 10.8. The molecule has 0 saturated heterocycles. The lowest BCUT2D eigenvalue weighted by atomic mass is 10.2. The van der Waals surface area contributed by atoms with Crippen LogP contribution in [0.25, 0.3) is 10.1 Å². The summed E-state index contributed by atoms with van der Waals surface area (Å²) < 4.78 is 6.45. The van der Waals surface area contributed by atoms with Gasteiger partial charge in [0.25, 0.3) is 0 Å². The summed E-state index contributed by atoms with van der Waals surface area (Å²) in [6, 6.07) is 4.02. The van der Waals surface area contributed by atoms with Gasteiger partial charge in [0.15, 0.2) is 0 Å². The van der Waals surface area contributed by atoms with E-state index in [2.05, 4.69) is 30.3 Å². The average Bonchev–Trinajstić information content (AvgIpc) is 2.61. The fraction of sp³-hybridized carbons (Fsp3) is 0.200. The molecule has 0 saturated carbocycles. The van der Waals surface area contributed by atoms with Crippen LogP contribution in [0.15, 0.2) is 27.3 Å². The zero-order chi connectivity index (χ0) is 10.1. The Bertz CT molecular complexity index is 462. The van der Waals surface area contributed by atoms with Gasteiger partial charge in [-0.1, -0.05) is 0 Å². The zero-order valence-corrected chi connectivity index (χ0v) is 10.4. The van der Waals surface area contributed by atoms with E-state index in [4.69, 9.17) is 4.74 Å². The van der Waals surface area contributed by atoms with Crippen LogP contribution in [-0.4, -0.2) is 13.4 Å². The molecule has 0 bridgehead atoms. The Morgan fingerprint density at radius 2 is 2.21 bits per heavy atom. The summed E-state index contributed by atoms with van der Waals surface area (Å²) in [5.74, 6) is 0.871. The SMILES string of the molecule is COc1cc(S)c2scc(SC)c2c1. The van der Waals surface area contributed by atoms with Gasteiger partial charge in [-0.15, -0.1) is 35.7 Å². The van der Waals surface area contributed by atoms with Crippen molar-refractivity contribution in [3.05, 3.63) is 17.5 Å². The number of benzene rings is 1. The molecule has 2 rings (SSSR count). The number of thioether (sulfide) groups is 1. The number of hydrogen-bond donors (Lipinski definition) is 1. The molecule has 0 atom stereocenters. The predicted octanol–water partition coefficient (Wildman–Crippen LogP) is 3.92. The van der Waals surface area contributed by atoms with Crippen LogP contribution in [0.2, 0.25) is 0 Å². The quantitative estimate of drug-likeness (QED) is 0.631. The first-order chi connectivity index (χ1) is 6.76. The first-order valence-electron chi connectivity index (χ1n) is 4.08. The van der Waals surface area contributed by atoms with Gasteiger partial charge in [-0.25, -0.2) is 0 Å². The van der Waals surface area contributed by atoms with Crippen LogP contribution in [0, 0.1) is 0 Å². The Hall–Kier alpha value is -0.320. The number of thiol groups is 1. The van der Waals surface area contributed by atoms with Gasteiger partial charge in [-0.05, 0) is 18.4 Å². The van der Waals surface area contributed by atoms with Crippen LogP contribution in [0.1, 0.15) is 0 Å². The van der Waals surface area contributed by atoms with Crippen LogP contribution in [-0.2, 0) is 0 Å². The molecule has 14 heavy (non-hydrogen) atoms. The Morgan fingerprint density at radius 3 is 2.86 bits per heavy atom. The Balaban J connectivity index is 2.73. The molecule has 2 aromatic rings. The third-order valence-corrected chi connectivity index (χ3v) is 4.51. The van der Waals surface area contributed by atoms with Crippen LogP contribution in [0.3, 0.4) is 0 Å². The number of thiophene rings is 1. The van der Waals surface area contributed by atoms with Gasteiger partial charge >= 0.3 is 0 Å². The summed E-state index contributed by atoms with van der Waals surface area (Å²) in [7, 11) is 1.68. The van der Waals surface area contributed by atoms with Crippen LogP contribution < -0.4 is 4.74 Å². The maximum Gasteiger partial charge on any atom is 0.120 e. The van der Waals surface area contributed by atoms with Gasteiger partial charge in [0.2, 0.25) is 0 Å². The van der Waals surface area contributed by atoms with Gasteiger partial charge in [0.1, 0.15) is 5.75 Å². The van der Waals surface area contributed by atoms with Gasteiger partial charge < -0.3 is 4.74 Å². The standard InChI is InChI=1S/C10H10OS3/c1-11-6-3-7-9(13-2)5-14-10(7)8(12)4-6/h3-5,12H,1-2H3. The topological polar surface area (TPSA) is 9.23 Å². The van der Waals surface area contributed by atoms with E-state index in [1.165, 1.54) is 15.0 Å². The summed E-state index contributed by atoms with van der Waals surface area (Å²) in [5.41, 5.74) is 0. The number of rotatable bonds is 2. The monoisotopic (exact) mass is 242 g/mol. The lowest BCUT2D eigenvalue weighted by Gasteiger charge is -2.02. The van der Waals surface area contributed by atoms with Crippen molar-refractivity contribution in [1.82, 2.24) is 0 Å². The third kappa shape index (κ3) is 1.62. The molecule has 74 valence electrons. The molecule has 0 radical (unpaired) electrons. The molecule has 0 amide bonds. The predicted molar refractivity (Wildman–Crippen MR) is 67.4 cm³/mol. The van der Waals surface area contributed by atoms with E-state index in [-0.39, 0.29) is 0 Å². The summed E-state index contributed by atoms with van der Waals surface area (Å²) in [5, 5.41) is 3.40. The van der Waals surface area contributed by atoms with Crippen molar-refractivity contribution in [1.29, 1.82) is 0 Å². The minimum Gasteiger partial charge on any atom is -0.497 e. The molecule has 1 aromatic heterocycles. The second-order valence-electron chi connectivity index (χ2n) is 2.83. The van der Waals surface area contributed by atoms with Crippen LogP contribution >= 0.6 is 35.7 Å². The highest BCUT2D eigenvalue weighted by Crippen LogP contribution is 2.38. The second kappa shape index (κ2) is 4.04. The molecule has 4 heteroatoms. The van der Waals surface area contributed by atoms with Crippen molar-refractivity contribution >= 4 is 45.8 Å². The molecule has 0 unspecified atom stereocenters. The molecule has 0 spiro atoms. The average molecular weight is 242 g/mol. The largest absolute Gasteiger partial charge is 0.497 e. The van der Waals surface area contributed by atoms with E-state index >= 15 is 0 Å². The van der Waals surface area contributed by atoms with E-state index in [0.717, 1.165) is 10.6 Å². The molecule has 0 aliphatic heterocycles. The lowest BCUT2D eigenvalue weighted by molar-refractivity contribution is 0.414. The Labute approximate surface area is 96.9 Å². The zero-order valence-electron chi connectivity index (χ0n) is 7.90. The van der Waals surface area contributed by atoms with Crippen LogP contribution in [0.5, 0.6) is 5.75 Å². The first kappa shape index (κ1) is 10.2. The smallest absolute Gasteiger partial charge is 0.120 e. The van der Waals surface area contributed by atoms with E-state index < -0.39 is 0 Å². The molecule has 1 aromatic carbocycles. The lowest BCUT2D eigenvalue weighted by Crippen LogP contribution is -1.82. The fourth-order valence-corrected chi connectivity index (χ4v) is 3.55. The highest BCUT2D eigenvalue weighted by Gasteiger charge is 2.07. The molecule has 0 aliphatic carbocycles. The Morgan fingerprint density at radius 1 is 1.43 bits per heavy atom. The van der Waals surface area contributed by atoms with Gasteiger partial charge in [0.05, 0.1) is 7.11 Å².